The van der Waals surface area contributed by atoms with Gasteiger partial charge in [-0.05, 0) is 13.0 Å². The molecule has 0 atom stereocenters. The van der Waals surface area contributed by atoms with Crippen molar-refractivity contribution in [2.45, 2.75) is 20.0 Å². The zero-order chi connectivity index (χ0) is 15.2. The van der Waals surface area contributed by atoms with E-state index >= 15 is 0 Å². The molecule has 1 aromatic carbocycles. The molecule has 21 heavy (non-hydrogen) atoms. The summed E-state index contributed by atoms with van der Waals surface area (Å²) in [4.78, 5) is 4.25. The molecule has 0 fully saturated rings. The number of hydrogen-bond acceptors (Lipinski definition) is 3. The molecule has 2 aromatic rings. The minimum Gasteiger partial charge on any atom is -0.383 e. The number of methoxy groups -OCH3 is 1. The van der Waals surface area contributed by atoms with Gasteiger partial charge in [-0.15, -0.1) is 0 Å². The predicted octanol–water partition coefficient (Wildman–Crippen LogP) is 2.25. The van der Waals surface area contributed by atoms with E-state index in [1.807, 2.05) is 11.5 Å². The van der Waals surface area contributed by atoms with Crippen molar-refractivity contribution >= 4 is 0 Å². The lowest BCUT2D eigenvalue weighted by Crippen LogP contribution is -2.21. The highest BCUT2D eigenvalue weighted by Gasteiger charge is 2.10. The van der Waals surface area contributed by atoms with Gasteiger partial charge in [0.15, 0.2) is 0 Å². The highest BCUT2D eigenvalue weighted by Crippen LogP contribution is 2.14. The van der Waals surface area contributed by atoms with E-state index in [1.54, 1.807) is 13.3 Å². The number of rotatable bonds is 7. The average molecular weight is 295 g/mol. The van der Waals surface area contributed by atoms with Gasteiger partial charge in [-0.3, -0.25) is 0 Å². The molecule has 4 nitrogen and oxygen atoms in total. The molecule has 6 heteroatoms. The zero-order valence-electron chi connectivity index (χ0n) is 12.2. The van der Waals surface area contributed by atoms with Crippen LogP contribution in [0.1, 0.15) is 17.1 Å². The molecule has 1 aromatic heterocycles. The molecule has 0 spiro atoms. The molecule has 0 aliphatic carbocycles. The van der Waals surface area contributed by atoms with Crippen LogP contribution in [0.15, 0.2) is 24.4 Å². The largest absolute Gasteiger partial charge is 0.383 e. The second-order valence-corrected chi connectivity index (χ2v) is 4.79. The monoisotopic (exact) mass is 295 g/mol. The number of nitrogens with zero attached hydrogens (tertiary/aromatic N) is 2. The molecule has 0 aliphatic heterocycles. The molecular formula is C15H19F2N3O. The van der Waals surface area contributed by atoms with Gasteiger partial charge in [0.05, 0.1) is 18.8 Å². The van der Waals surface area contributed by atoms with Gasteiger partial charge >= 0.3 is 0 Å². The Labute approximate surface area is 122 Å². The molecular weight excluding hydrogens is 276 g/mol. The van der Waals surface area contributed by atoms with Gasteiger partial charge in [-0.1, -0.05) is 6.07 Å². The summed E-state index contributed by atoms with van der Waals surface area (Å²) in [7, 11) is 1.65. The molecule has 114 valence electrons. The van der Waals surface area contributed by atoms with E-state index in [-0.39, 0.29) is 0 Å². The lowest BCUT2D eigenvalue weighted by atomic mass is 10.2. The van der Waals surface area contributed by atoms with Crippen LogP contribution in [0.5, 0.6) is 0 Å². The normalized spacial score (nSPS) is 11.0. The summed E-state index contributed by atoms with van der Waals surface area (Å²) < 4.78 is 33.6. The first-order valence-corrected chi connectivity index (χ1v) is 6.76. The quantitative estimate of drug-likeness (QED) is 0.796. The summed E-state index contributed by atoms with van der Waals surface area (Å²) in [6.45, 7) is 4.16. The summed E-state index contributed by atoms with van der Waals surface area (Å²) >= 11 is 0. The van der Waals surface area contributed by atoms with Crippen LogP contribution in [0.25, 0.3) is 0 Å². The van der Waals surface area contributed by atoms with Crippen LogP contribution in [-0.2, 0) is 17.8 Å². The number of imidazole rings is 1. The number of benzene rings is 1. The molecule has 0 aliphatic rings. The minimum absolute atomic E-state index is 0.333. The number of aryl methyl sites for hydroxylation is 1. The number of aromatic nitrogens is 2. The Morgan fingerprint density at radius 2 is 2.14 bits per heavy atom. The molecule has 2 rings (SSSR count). The molecule has 0 unspecified atom stereocenters. The van der Waals surface area contributed by atoms with Crippen LogP contribution >= 0.6 is 0 Å². The minimum atomic E-state index is -0.569. The van der Waals surface area contributed by atoms with Crippen molar-refractivity contribution in [2.75, 3.05) is 20.3 Å². The Balaban J connectivity index is 2.10. The third kappa shape index (κ3) is 4.09. The van der Waals surface area contributed by atoms with Gasteiger partial charge in [0.2, 0.25) is 0 Å². The van der Waals surface area contributed by atoms with E-state index < -0.39 is 11.6 Å². The topological polar surface area (TPSA) is 39.1 Å². The Morgan fingerprint density at radius 1 is 1.33 bits per heavy atom. The third-order valence-electron chi connectivity index (χ3n) is 3.27. The van der Waals surface area contributed by atoms with Crippen LogP contribution in [0, 0.1) is 18.6 Å². The Hall–Kier alpha value is -1.79. The van der Waals surface area contributed by atoms with Crippen molar-refractivity contribution in [3.63, 3.8) is 0 Å². The summed E-state index contributed by atoms with van der Waals surface area (Å²) in [5, 5.41) is 3.23. The highest BCUT2D eigenvalue weighted by atomic mass is 19.1. The van der Waals surface area contributed by atoms with Gasteiger partial charge in [-0.25, -0.2) is 13.8 Å². The molecule has 0 bridgehead atoms. The molecule has 1 N–H and O–H groups in total. The number of hydrogen-bond donors (Lipinski definition) is 1. The van der Waals surface area contributed by atoms with E-state index in [9.17, 15) is 8.78 Å². The van der Waals surface area contributed by atoms with Crippen LogP contribution in [0.2, 0.25) is 0 Å². The van der Waals surface area contributed by atoms with Gasteiger partial charge in [0.25, 0.3) is 0 Å². The molecule has 0 radical (unpaired) electrons. The lowest BCUT2D eigenvalue weighted by Gasteiger charge is -2.12. The third-order valence-corrected chi connectivity index (χ3v) is 3.27. The van der Waals surface area contributed by atoms with Crippen molar-refractivity contribution in [2.24, 2.45) is 0 Å². The van der Waals surface area contributed by atoms with E-state index in [0.717, 1.165) is 24.1 Å². The fraction of sp³-hybridized carbons (Fsp3) is 0.400. The standard InChI is InChI=1S/C15H19F2N3O/c1-11-19-9-14(8-18-5-6-21-2)20(11)10-12-3-4-13(16)7-15(12)17/h3-4,7,9,18H,5-6,8,10H2,1-2H3. The Bertz CT molecular complexity index is 599. The van der Waals surface area contributed by atoms with Crippen LogP contribution < -0.4 is 5.32 Å². The molecule has 0 saturated heterocycles. The second kappa shape index (κ2) is 7.28. The van der Waals surface area contributed by atoms with E-state index in [1.165, 1.54) is 12.1 Å². The SMILES string of the molecule is COCCNCc1cnc(C)n1Cc1ccc(F)cc1F. The maximum atomic E-state index is 13.8. The Morgan fingerprint density at radius 3 is 2.86 bits per heavy atom. The number of nitrogens with one attached hydrogen (secondary N) is 1. The summed E-state index contributed by atoms with van der Waals surface area (Å²) in [6.07, 6.45) is 1.76. The van der Waals surface area contributed by atoms with E-state index in [4.69, 9.17) is 4.74 Å². The van der Waals surface area contributed by atoms with Gasteiger partial charge in [0.1, 0.15) is 17.5 Å². The fourth-order valence-corrected chi connectivity index (χ4v) is 2.08. The van der Waals surface area contributed by atoms with E-state index in [2.05, 4.69) is 10.3 Å². The predicted molar refractivity (Wildman–Crippen MR) is 76.0 cm³/mol. The lowest BCUT2D eigenvalue weighted by molar-refractivity contribution is 0.199. The van der Waals surface area contributed by atoms with Crippen molar-refractivity contribution in [1.82, 2.24) is 14.9 Å². The van der Waals surface area contributed by atoms with Crippen LogP contribution in [0.4, 0.5) is 8.78 Å². The molecule has 0 saturated carbocycles. The average Bonchev–Trinajstić information content (AvgIpc) is 2.79. The maximum absolute atomic E-state index is 13.8. The van der Waals surface area contributed by atoms with Gasteiger partial charge < -0.3 is 14.6 Å². The zero-order valence-corrected chi connectivity index (χ0v) is 12.2. The van der Waals surface area contributed by atoms with Crippen LogP contribution in [0.3, 0.4) is 0 Å². The van der Waals surface area contributed by atoms with Crippen molar-refractivity contribution in [1.29, 1.82) is 0 Å². The van der Waals surface area contributed by atoms with Crippen LogP contribution in [-0.4, -0.2) is 29.8 Å². The summed E-state index contributed by atoms with van der Waals surface area (Å²) in [6, 6.07) is 3.63. The Kier molecular flexibility index (Phi) is 5.41. The first-order valence-electron chi connectivity index (χ1n) is 6.76. The first kappa shape index (κ1) is 15.6. The fourth-order valence-electron chi connectivity index (χ4n) is 2.08. The summed E-state index contributed by atoms with van der Waals surface area (Å²) in [5.41, 5.74) is 1.39. The van der Waals surface area contributed by atoms with Crippen molar-refractivity contribution in [3.05, 3.63) is 53.1 Å². The number of ether oxygens (including phenoxy) is 1. The van der Waals surface area contributed by atoms with Gasteiger partial charge in [-0.2, -0.15) is 0 Å². The second-order valence-electron chi connectivity index (χ2n) is 4.79. The van der Waals surface area contributed by atoms with Gasteiger partial charge in [0, 0.05) is 38.0 Å². The first-order chi connectivity index (χ1) is 10.1. The van der Waals surface area contributed by atoms with Crippen molar-refractivity contribution in [3.8, 4) is 0 Å². The summed E-state index contributed by atoms with van der Waals surface area (Å²) in [5.74, 6) is -0.316. The van der Waals surface area contributed by atoms with E-state index in [0.29, 0.717) is 25.3 Å². The highest BCUT2D eigenvalue weighted by molar-refractivity contribution is 5.20. The number of halogens is 2. The molecule has 1 heterocycles. The smallest absolute Gasteiger partial charge is 0.131 e. The van der Waals surface area contributed by atoms with Crippen molar-refractivity contribution < 1.29 is 13.5 Å². The molecule has 0 amide bonds. The maximum Gasteiger partial charge on any atom is 0.131 e.